The quantitative estimate of drug-likeness (QED) is 0.356. The van der Waals surface area contributed by atoms with Gasteiger partial charge in [0, 0.05) is 17.5 Å². The summed E-state index contributed by atoms with van der Waals surface area (Å²) in [6, 6.07) is 17.8. The first-order valence-corrected chi connectivity index (χ1v) is 15.2. The third-order valence-corrected chi connectivity index (χ3v) is 14.0. The van der Waals surface area contributed by atoms with E-state index in [1.54, 1.807) is 0 Å². The van der Waals surface area contributed by atoms with Crippen molar-refractivity contribution in [1.82, 2.24) is 0 Å². The predicted molar refractivity (Wildman–Crippen MR) is 164 cm³/mol. The van der Waals surface area contributed by atoms with Gasteiger partial charge in [-0.1, -0.05) is 90.9 Å². The topological polar surface area (TPSA) is 27.7 Å². The molecule has 4 bridgehead atoms. The monoisotopic (exact) mass is 554 g/mol. The van der Waals surface area contributed by atoms with Crippen LogP contribution in [0.15, 0.2) is 48.5 Å². The minimum atomic E-state index is -0.703. The molecule has 8 atom stereocenters. The summed E-state index contributed by atoms with van der Waals surface area (Å²) in [6.45, 7) is 25.2. The second kappa shape index (κ2) is 8.14. The van der Waals surface area contributed by atoms with Crippen molar-refractivity contribution in [2.24, 2.45) is 16.7 Å². The van der Waals surface area contributed by atoms with Crippen LogP contribution in [0.4, 0.5) is 0 Å². The molecule has 0 N–H and O–H groups in total. The molecule has 8 unspecified atom stereocenters. The summed E-state index contributed by atoms with van der Waals surface area (Å²) in [5.74, 6) is -1.37. The van der Waals surface area contributed by atoms with Crippen molar-refractivity contribution in [3.05, 3.63) is 59.7 Å². The first-order chi connectivity index (χ1) is 17.2. The average Bonchev–Trinajstić information content (AvgIpc) is 2.78. The summed E-state index contributed by atoms with van der Waals surface area (Å²) in [5.41, 5.74) is 3.93. The highest BCUT2D eigenvalue weighted by Gasteiger charge is 2.79. The Balaban J connectivity index is 1.86. The lowest BCUT2D eigenvalue weighted by Gasteiger charge is -2.76. The predicted octanol–water partition coefficient (Wildman–Crippen LogP) is 8.65. The molecule has 2 aromatic rings. The van der Waals surface area contributed by atoms with E-state index in [-0.39, 0.29) is 21.9 Å². The third kappa shape index (κ3) is 3.51. The Kier molecular flexibility index (Phi) is 6.15. The molecule has 4 aliphatic heterocycles. The zero-order valence-corrected chi connectivity index (χ0v) is 27.6. The van der Waals surface area contributed by atoms with Crippen LogP contribution in [0, 0.1) is 16.7 Å². The second-order valence-corrected chi connectivity index (χ2v) is 16.7. The van der Waals surface area contributed by atoms with Gasteiger partial charge in [-0.3, -0.25) is 0 Å². The van der Waals surface area contributed by atoms with Gasteiger partial charge in [0.1, 0.15) is 0 Å². The maximum absolute atomic E-state index is 7.03. The summed E-state index contributed by atoms with van der Waals surface area (Å²) in [4.78, 5) is 0. The standard InChI is InChI=1S/C33H48O3P2/c1-21-30(10)33(38,28(8)20-29(9,35-30)36-31(21,11)34-28)24-18-17-23(22-15-13-12-14-16-22)19-25(24)32(37,26(2,3)4)27(5,6)7/h12-19,21H,20,37-38H2,1-11H3. The maximum atomic E-state index is 7.03. The Morgan fingerprint density at radius 2 is 1.37 bits per heavy atom. The number of ether oxygens (including phenoxy) is 3. The van der Waals surface area contributed by atoms with Crippen LogP contribution >= 0.6 is 18.5 Å². The van der Waals surface area contributed by atoms with E-state index in [1.165, 1.54) is 22.3 Å². The fourth-order valence-corrected chi connectivity index (χ4v) is 9.49. The molecule has 6 rings (SSSR count). The Morgan fingerprint density at radius 3 is 1.92 bits per heavy atom. The van der Waals surface area contributed by atoms with Crippen molar-refractivity contribution < 1.29 is 14.2 Å². The minimum absolute atomic E-state index is 0.0128. The van der Waals surface area contributed by atoms with Crippen LogP contribution in [0.5, 0.6) is 0 Å². The molecule has 0 aliphatic carbocycles. The fourth-order valence-electron chi connectivity index (χ4n) is 8.53. The first kappa shape index (κ1) is 28.7. The van der Waals surface area contributed by atoms with Gasteiger partial charge in [0.15, 0.2) is 11.6 Å². The van der Waals surface area contributed by atoms with Crippen molar-refractivity contribution >= 4 is 18.5 Å². The lowest BCUT2D eigenvalue weighted by molar-refractivity contribution is -0.542. The van der Waals surface area contributed by atoms with Crippen molar-refractivity contribution in [1.29, 1.82) is 0 Å². The number of benzene rings is 2. The molecule has 4 fully saturated rings. The van der Waals surface area contributed by atoms with Gasteiger partial charge in [0.25, 0.3) is 0 Å². The van der Waals surface area contributed by atoms with Gasteiger partial charge in [0.05, 0.1) is 16.4 Å². The lowest BCUT2D eigenvalue weighted by Crippen LogP contribution is -2.85. The molecule has 0 radical (unpaired) electrons. The van der Waals surface area contributed by atoms with E-state index in [1.807, 2.05) is 0 Å². The van der Waals surface area contributed by atoms with Crippen LogP contribution in [0.1, 0.15) is 93.7 Å². The summed E-state index contributed by atoms with van der Waals surface area (Å²) in [5, 5.41) is -0.760. The SMILES string of the molecule is CC1C2(C)OC3(C)CC(C)(O2)C(P)(c2ccc(-c4ccccc4)cc2C(P)(C(C)(C)C)C(C)(C)C)C1(C)O3. The lowest BCUT2D eigenvalue weighted by atomic mass is 9.54. The van der Waals surface area contributed by atoms with Gasteiger partial charge in [-0.25, -0.2) is 0 Å². The van der Waals surface area contributed by atoms with Crippen LogP contribution in [0.25, 0.3) is 11.1 Å². The highest BCUT2D eigenvalue weighted by Crippen LogP contribution is 2.73. The van der Waals surface area contributed by atoms with Gasteiger partial charge in [-0.2, -0.15) is 0 Å². The van der Waals surface area contributed by atoms with Crippen LogP contribution in [0.2, 0.25) is 0 Å². The van der Waals surface area contributed by atoms with Crippen LogP contribution < -0.4 is 0 Å². The molecule has 3 nitrogen and oxygen atoms in total. The van der Waals surface area contributed by atoms with Crippen LogP contribution in [-0.2, 0) is 24.5 Å². The third-order valence-electron chi connectivity index (χ3n) is 10.5. The molecule has 0 amide bonds. The van der Waals surface area contributed by atoms with Crippen molar-refractivity contribution in [2.75, 3.05) is 0 Å². The fraction of sp³-hybridized carbons (Fsp3) is 0.636. The Labute approximate surface area is 235 Å². The largest absolute Gasteiger partial charge is 0.342 e. The van der Waals surface area contributed by atoms with Gasteiger partial charge >= 0.3 is 0 Å². The molecule has 0 aromatic heterocycles. The Morgan fingerprint density at radius 1 is 0.789 bits per heavy atom. The molecular formula is C33H48O3P2. The highest BCUT2D eigenvalue weighted by atomic mass is 31.0. The van der Waals surface area contributed by atoms with Gasteiger partial charge in [-0.15, -0.1) is 18.5 Å². The van der Waals surface area contributed by atoms with Crippen molar-refractivity contribution in [3.8, 4) is 11.1 Å². The highest BCUT2D eigenvalue weighted by molar-refractivity contribution is 7.19. The van der Waals surface area contributed by atoms with E-state index < -0.39 is 27.9 Å². The van der Waals surface area contributed by atoms with Crippen molar-refractivity contribution in [3.63, 3.8) is 0 Å². The smallest absolute Gasteiger partial charge is 0.175 e. The van der Waals surface area contributed by atoms with E-state index in [0.717, 1.165) is 0 Å². The summed E-state index contributed by atoms with van der Waals surface area (Å²) in [6.07, 6.45) is 0.663. The van der Waals surface area contributed by atoms with E-state index >= 15 is 0 Å². The molecule has 38 heavy (non-hydrogen) atoms. The average molecular weight is 555 g/mol. The molecule has 4 heterocycles. The Bertz CT molecular complexity index is 1250. The van der Waals surface area contributed by atoms with Crippen LogP contribution in [-0.4, -0.2) is 22.8 Å². The molecule has 0 saturated carbocycles. The van der Waals surface area contributed by atoms with E-state index in [9.17, 15) is 0 Å². The van der Waals surface area contributed by atoms with E-state index in [4.69, 9.17) is 14.2 Å². The molecule has 5 heteroatoms. The maximum Gasteiger partial charge on any atom is 0.175 e. The van der Waals surface area contributed by atoms with Crippen LogP contribution in [0.3, 0.4) is 0 Å². The Hall–Kier alpha value is -0.820. The summed E-state index contributed by atoms with van der Waals surface area (Å²) < 4.78 is 20.6. The number of hydrogen-bond donors (Lipinski definition) is 0. The van der Waals surface area contributed by atoms with Gasteiger partial charge < -0.3 is 14.2 Å². The molecule has 0 spiro atoms. The van der Waals surface area contributed by atoms with Gasteiger partial charge in [0.2, 0.25) is 0 Å². The molecule has 4 aliphatic rings. The molecule has 208 valence electrons. The molecule has 2 aromatic carbocycles. The first-order valence-electron chi connectivity index (χ1n) is 14.1. The van der Waals surface area contributed by atoms with E-state index in [2.05, 4.69) is 143 Å². The zero-order chi connectivity index (χ0) is 28.4. The normalized spacial score (nSPS) is 39.0. The minimum Gasteiger partial charge on any atom is -0.342 e. The molecule has 4 saturated heterocycles. The summed E-state index contributed by atoms with van der Waals surface area (Å²) in [7, 11) is 6.65. The number of rotatable bonds is 3. The summed E-state index contributed by atoms with van der Waals surface area (Å²) >= 11 is 0. The van der Waals surface area contributed by atoms with E-state index in [0.29, 0.717) is 6.42 Å². The van der Waals surface area contributed by atoms with Crippen molar-refractivity contribution in [2.45, 2.75) is 116 Å². The second-order valence-electron chi connectivity index (χ2n) is 14.9. The van der Waals surface area contributed by atoms with Gasteiger partial charge in [-0.05, 0) is 66.8 Å². The zero-order valence-electron chi connectivity index (χ0n) is 25.3. The number of hydrogen-bond acceptors (Lipinski definition) is 3. The molecular weight excluding hydrogens is 506 g/mol.